The number of rotatable bonds is 4. The predicted molar refractivity (Wildman–Crippen MR) is 80.7 cm³/mol. The molecule has 1 aromatic heterocycles. The predicted octanol–water partition coefficient (Wildman–Crippen LogP) is 2.75. The minimum absolute atomic E-state index is 0.137. The topological polar surface area (TPSA) is 69.9 Å². The highest BCUT2D eigenvalue weighted by atomic mass is 35.5. The summed E-state index contributed by atoms with van der Waals surface area (Å²) < 4.78 is 6.77. The molecule has 0 aliphatic carbocycles. The van der Waals surface area contributed by atoms with Crippen LogP contribution in [0.3, 0.4) is 0 Å². The first-order valence-corrected chi connectivity index (χ1v) is 7.60. The van der Waals surface area contributed by atoms with Crippen LogP contribution in [0.25, 0.3) is 5.69 Å². The van der Waals surface area contributed by atoms with Crippen molar-refractivity contribution in [3.05, 3.63) is 29.3 Å². The summed E-state index contributed by atoms with van der Waals surface area (Å²) in [5, 5.41) is 12.5. The van der Waals surface area contributed by atoms with Crippen LogP contribution in [0.15, 0.2) is 29.4 Å². The highest BCUT2D eigenvalue weighted by Gasteiger charge is 2.18. The number of thioether (sulfide) groups is 1. The fraction of sp³-hybridized carbons (Fsp3) is 0.385. The van der Waals surface area contributed by atoms with E-state index in [2.05, 4.69) is 15.5 Å². The highest BCUT2D eigenvalue weighted by molar-refractivity contribution is 7.99. The van der Waals surface area contributed by atoms with Crippen LogP contribution in [0.2, 0.25) is 5.02 Å². The summed E-state index contributed by atoms with van der Waals surface area (Å²) in [7, 11) is 0. The van der Waals surface area contributed by atoms with Crippen LogP contribution in [0, 0.1) is 0 Å². The average molecular weight is 327 g/mol. The second kappa shape index (κ2) is 6.44. The van der Waals surface area contributed by atoms with E-state index in [4.69, 9.17) is 16.3 Å². The zero-order valence-corrected chi connectivity index (χ0v) is 13.5. The molecule has 2 rings (SSSR count). The van der Waals surface area contributed by atoms with E-state index < -0.39 is 5.60 Å². The van der Waals surface area contributed by atoms with E-state index in [0.29, 0.717) is 10.2 Å². The second-order valence-electron chi connectivity index (χ2n) is 5.23. The second-order valence-corrected chi connectivity index (χ2v) is 6.61. The van der Waals surface area contributed by atoms with Crippen LogP contribution in [0.1, 0.15) is 20.8 Å². The van der Waals surface area contributed by atoms with Crippen LogP contribution in [0.5, 0.6) is 0 Å². The molecule has 0 saturated heterocycles. The lowest BCUT2D eigenvalue weighted by Crippen LogP contribution is -2.25. The highest BCUT2D eigenvalue weighted by Crippen LogP contribution is 2.21. The number of carbonyl (C=O) groups is 1. The van der Waals surface area contributed by atoms with E-state index >= 15 is 0 Å². The molecule has 8 heteroatoms. The number of tetrazole rings is 1. The van der Waals surface area contributed by atoms with Gasteiger partial charge in [0.2, 0.25) is 5.16 Å². The summed E-state index contributed by atoms with van der Waals surface area (Å²) in [6.07, 6.45) is 0. The van der Waals surface area contributed by atoms with Gasteiger partial charge in [-0.1, -0.05) is 29.4 Å². The monoisotopic (exact) mass is 326 g/mol. The third-order valence-electron chi connectivity index (χ3n) is 2.23. The van der Waals surface area contributed by atoms with Crippen LogP contribution >= 0.6 is 23.4 Å². The molecule has 0 bridgehead atoms. The molecule has 6 nitrogen and oxygen atoms in total. The van der Waals surface area contributed by atoms with Crippen molar-refractivity contribution in [1.82, 2.24) is 20.2 Å². The summed E-state index contributed by atoms with van der Waals surface area (Å²) in [5.41, 5.74) is 0.232. The van der Waals surface area contributed by atoms with Gasteiger partial charge in [-0.15, -0.1) is 5.10 Å². The zero-order chi connectivity index (χ0) is 15.5. The Hall–Kier alpha value is -1.60. The molecule has 0 atom stereocenters. The molecule has 2 aromatic rings. The molecule has 112 valence electrons. The lowest BCUT2D eigenvalue weighted by Gasteiger charge is -2.19. The zero-order valence-electron chi connectivity index (χ0n) is 11.9. The van der Waals surface area contributed by atoms with Crippen LogP contribution in [0.4, 0.5) is 0 Å². The fourth-order valence-corrected chi connectivity index (χ4v) is 2.38. The first-order valence-electron chi connectivity index (χ1n) is 6.24. The Morgan fingerprint density at radius 2 is 2.19 bits per heavy atom. The molecule has 21 heavy (non-hydrogen) atoms. The number of nitrogens with zero attached hydrogens (tertiary/aromatic N) is 4. The molecule has 1 heterocycles. The average Bonchev–Trinajstić information content (AvgIpc) is 2.82. The lowest BCUT2D eigenvalue weighted by atomic mass is 10.2. The van der Waals surface area contributed by atoms with Crippen molar-refractivity contribution in [2.24, 2.45) is 0 Å². The SMILES string of the molecule is CC(C)(C)OC(=O)CSc1nnnn1-c1cccc(Cl)c1. The molecule has 0 fully saturated rings. The number of hydrogen-bond acceptors (Lipinski definition) is 6. The molecule has 1 aromatic carbocycles. The van der Waals surface area contributed by atoms with E-state index in [9.17, 15) is 4.79 Å². The molecule has 0 unspecified atom stereocenters. The lowest BCUT2D eigenvalue weighted by molar-refractivity contribution is -0.151. The Morgan fingerprint density at radius 1 is 1.43 bits per heavy atom. The molecular weight excluding hydrogens is 312 g/mol. The first kappa shape index (κ1) is 15.8. The van der Waals surface area contributed by atoms with Gasteiger partial charge in [0, 0.05) is 5.02 Å². The quantitative estimate of drug-likeness (QED) is 0.635. The smallest absolute Gasteiger partial charge is 0.316 e. The maximum Gasteiger partial charge on any atom is 0.316 e. The summed E-state index contributed by atoms with van der Waals surface area (Å²) in [4.78, 5) is 11.7. The largest absolute Gasteiger partial charge is 0.459 e. The van der Waals surface area contributed by atoms with Crippen molar-refractivity contribution in [2.75, 3.05) is 5.75 Å². The Balaban J connectivity index is 2.06. The van der Waals surface area contributed by atoms with E-state index in [-0.39, 0.29) is 11.7 Å². The van der Waals surface area contributed by atoms with Crippen molar-refractivity contribution in [2.45, 2.75) is 31.5 Å². The Morgan fingerprint density at radius 3 is 2.86 bits per heavy atom. The summed E-state index contributed by atoms with van der Waals surface area (Å²) in [6.45, 7) is 5.47. The van der Waals surface area contributed by atoms with Gasteiger partial charge in [0.25, 0.3) is 0 Å². The third kappa shape index (κ3) is 4.71. The van der Waals surface area contributed by atoms with Gasteiger partial charge < -0.3 is 4.74 Å². The summed E-state index contributed by atoms with van der Waals surface area (Å²) in [5.74, 6) is -0.175. The standard InChI is InChI=1S/C13H15ClN4O2S/c1-13(2,3)20-11(19)8-21-12-15-16-17-18(12)10-6-4-5-9(14)7-10/h4-7H,8H2,1-3H3. The minimum atomic E-state index is -0.503. The molecular formula is C13H15ClN4O2S. The summed E-state index contributed by atoms with van der Waals surface area (Å²) >= 11 is 7.16. The van der Waals surface area contributed by atoms with Gasteiger partial charge in [-0.25, -0.2) is 0 Å². The number of halogens is 1. The van der Waals surface area contributed by atoms with E-state index in [1.165, 1.54) is 16.4 Å². The Kier molecular flexibility index (Phi) is 4.84. The molecule has 0 spiro atoms. The maximum absolute atomic E-state index is 11.7. The van der Waals surface area contributed by atoms with Crippen molar-refractivity contribution < 1.29 is 9.53 Å². The van der Waals surface area contributed by atoms with E-state index in [1.807, 2.05) is 32.9 Å². The molecule has 0 radical (unpaired) electrons. The van der Waals surface area contributed by atoms with E-state index in [1.54, 1.807) is 12.1 Å². The van der Waals surface area contributed by atoms with Gasteiger partial charge >= 0.3 is 5.97 Å². The van der Waals surface area contributed by atoms with Crippen LogP contribution < -0.4 is 0 Å². The molecule has 0 aliphatic heterocycles. The number of esters is 1. The maximum atomic E-state index is 11.7. The summed E-state index contributed by atoms with van der Waals surface area (Å²) in [6, 6.07) is 7.15. The van der Waals surface area contributed by atoms with Gasteiger partial charge in [0.15, 0.2) is 0 Å². The number of aromatic nitrogens is 4. The molecule has 0 saturated carbocycles. The van der Waals surface area contributed by atoms with Crippen molar-refractivity contribution in [3.8, 4) is 5.69 Å². The van der Waals surface area contributed by atoms with E-state index in [0.717, 1.165) is 5.69 Å². The first-order chi connectivity index (χ1) is 9.85. The van der Waals surface area contributed by atoms with Gasteiger partial charge in [-0.05, 0) is 49.4 Å². The van der Waals surface area contributed by atoms with Crippen LogP contribution in [-0.4, -0.2) is 37.5 Å². The number of ether oxygens (including phenoxy) is 1. The number of hydrogen-bond donors (Lipinski definition) is 0. The number of benzene rings is 1. The molecule has 0 amide bonds. The van der Waals surface area contributed by atoms with Gasteiger partial charge in [0.05, 0.1) is 11.4 Å². The van der Waals surface area contributed by atoms with Crippen LogP contribution in [-0.2, 0) is 9.53 Å². The van der Waals surface area contributed by atoms with Gasteiger partial charge in [-0.2, -0.15) is 4.68 Å². The van der Waals surface area contributed by atoms with Gasteiger partial charge in [0.1, 0.15) is 5.60 Å². The van der Waals surface area contributed by atoms with Gasteiger partial charge in [-0.3, -0.25) is 4.79 Å². The molecule has 0 aliphatic rings. The minimum Gasteiger partial charge on any atom is -0.459 e. The van der Waals surface area contributed by atoms with Crippen molar-refractivity contribution >= 4 is 29.3 Å². The normalized spacial score (nSPS) is 11.4. The Labute approximate surface area is 131 Å². The van der Waals surface area contributed by atoms with Crippen molar-refractivity contribution in [3.63, 3.8) is 0 Å². The number of carbonyl (C=O) groups excluding carboxylic acids is 1. The fourth-order valence-electron chi connectivity index (χ4n) is 1.53. The van der Waals surface area contributed by atoms with Crippen molar-refractivity contribution in [1.29, 1.82) is 0 Å². The Bertz CT molecular complexity index is 639. The third-order valence-corrected chi connectivity index (χ3v) is 3.36. The molecule has 0 N–H and O–H groups in total.